The zero-order chi connectivity index (χ0) is 15.7. The number of carbonyl (C=O) groups excluding carboxylic acids is 2. The highest BCUT2D eigenvalue weighted by molar-refractivity contribution is 5.95. The molecule has 0 aliphatic heterocycles. The van der Waals surface area contributed by atoms with E-state index in [0.29, 0.717) is 6.61 Å². The van der Waals surface area contributed by atoms with Gasteiger partial charge in [-0.15, -0.1) is 0 Å². The predicted octanol–water partition coefficient (Wildman–Crippen LogP) is 2.51. The van der Waals surface area contributed by atoms with Crippen LogP contribution in [0.25, 0.3) is 0 Å². The standard InChI is InChI=1S/C16H22O5/c1-4-19-14(12-10-8-7-9-11-12)13(15(17)20-5-2)16(18)21-6-3/h7-11,13-14H,4-6H2,1-3H3. The van der Waals surface area contributed by atoms with E-state index >= 15 is 0 Å². The Morgan fingerprint density at radius 3 is 1.86 bits per heavy atom. The molecule has 0 saturated heterocycles. The van der Waals surface area contributed by atoms with E-state index in [0.717, 1.165) is 5.56 Å². The van der Waals surface area contributed by atoms with Crippen LogP contribution in [0.15, 0.2) is 30.3 Å². The van der Waals surface area contributed by atoms with Crippen LogP contribution in [-0.4, -0.2) is 31.8 Å². The summed E-state index contributed by atoms with van der Waals surface area (Å²) in [5.74, 6) is -2.37. The summed E-state index contributed by atoms with van der Waals surface area (Å²) in [6.07, 6.45) is -0.714. The van der Waals surface area contributed by atoms with Gasteiger partial charge in [0.2, 0.25) is 0 Å². The fourth-order valence-electron chi connectivity index (χ4n) is 2.01. The number of carbonyl (C=O) groups is 2. The van der Waals surface area contributed by atoms with Crippen molar-refractivity contribution in [3.8, 4) is 0 Å². The maximum absolute atomic E-state index is 12.1. The number of esters is 2. The van der Waals surface area contributed by atoms with Gasteiger partial charge in [-0.25, -0.2) is 0 Å². The average molecular weight is 294 g/mol. The molecule has 0 spiro atoms. The maximum atomic E-state index is 12.1. The third-order valence-corrected chi connectivity index (χ3v) is 2.86. The molecule has 1 atom stereocenters. The summed E-state index contributed by atoms with van der Waals surface area (Å²) in [7, 11) is 0. The predicted molar refractivity (Wildman–Crippen MR) is 77.6 cm³/mol. The molecule has 0 bridgehead atoms. The van der Waals surface area contributed by atoms with Crippen LogP contribution in [0.2, 0.25) is 0 Å². The van der Waals surface area contributed by atoms with Crippen molar-refractivity contribution in [3.05, 3.63) is 35.9 Å². The van der Waals surface area contributed by atoms with Crippen molar-refractivity contribution in [2.75, 3.05) is 19.8 Å². The number of hydrogen-bond acceptors (Lipinski definition) is 5. The third-order valence-electron chi connectivity index (χ3n) is 2.86. The second-order valence-electron chi connectivity index (χ2n) is 4.27. The molecule has 1 aromatic rings. The van der Waals surface area contributed by atoms with E-state index in [1.165, 1.54) is 0 Å². The van der Waals surface area contributed by atoms with Crippen LogP contribution in [0, 0.1) is 5.92 Å². The fourth-order valence-corrected chi connectivity index (χ4v) is 2.01. The zero-order valence-electron chi connectivity index (χ0n) is 12.7. The second-order valence-corrected chi connectivity index (χ2v) is 4.27. The highest BCUT2D eigenvalue weighted by atomic mass is 16.6. The van der Waals surface area contributed by atoms with Crippen molar-refractivity contribution in [1.29, 1.82) is 0 Å². The SMILES string of the molecule is CCOC(=O)C(C(=O)OCC)C(OCC)c1ccccc1. The first-order valence-corrected chi connectivity index (χ1v) is 7.15. The molecule has 21 heavy (non-hydrogen) atoms. The van der Waals surface area contributed by atoms with Crippen molar-refractivity contribution < 1.29 is 23.8 Å². The van der Waals surface area contributed by atoms with Gasteiger partial charge in [-0.3, -0.25) is 9.59 Å². The molecule has 1 rings (SSSR count). The molecule has 0 heterocycles. The summed E-state index contributed by atoms with van der Waals surface area (Å²) >= 11 is 0. The van der Waals surface area contributed by atoms with Gasteiger partial charge in [-0.05, 0) is 26.3 Å². The first-order chi connectivity index (χ1) is 10.2. The largest absolute Gasteiger partial charge is 0.465 e. The van der Waals surface area contributed by atoms with Gasteiger partial charge >= 0.3 is 11.9 Å². The highest BCUT2D eigenvalue weighted by Gasteiger charge is 2.39. The van der Waals surface area contributed by atoms with E-state index in [2.05, 4.69) is 0 Å². The Labute approximate surface area is 125 Å². The van der Waals surface area contributed by atoms with Crippen molar-refractivity contribution in [2.45, 2.75) is 26.9 Å². The van der Waals surface area contributed by atoms with Crippen LogP contribution < -0.4 is 0 Å². The monoisotopic (exact) mass is 294 g/mol. The molecule has 1 unspecified atom stereocenters. The van der Waals surface area contributed by atoms with E-state index in [4.69, 9.17) is 14.2 Å². The molecule has 116 valence electrons. The normalized spacial score (nSPS) is 12.0. The summed E-state index contributed by atoms with van der Waals surface area (Å²) in [5.41, 5.74) is 0.741. The minimum atomic E-state index is -1.12. The van der Waals surface area contributed by atoms with Gasteiger partial charge in [0.05, 0.1) is 13.2 Å². The Hall–Kier alpha value is -1.88. The summed E-state index contributed by atoms with van der Waals surface area (Å²) in [6, 6.07) is 9.14. The van der Waals surface area contributed by atoms with Crippen molar-refractivity contribution in [2.24, 2.45) is 5.92 Å². The molecule has 5 heteroatoms. The summed E-state index contributed by atoms with van der Waals surface area (Å²) < 4.78 is 15.6. The molecular formula is C16H22O5. The van der Waals surface area contributed by atoms with Gasteiger partial charge in [0.25, 0.3) is 0 Å². The van der Waals surface area contributed by atoms with Crippen molar-refractivity contribution in [3.63, 3.8) is 0 Å². The first kappa shape index (κ1) is 17.2. The minimum Gasteiger partial charge on any atom is -0.465 e. The maximum Gasteiger partial charge on any atom is 0.323 e. The van der Waals surface area contributed by atoms with E-state index < -0.39 is 24.0 Å². The number of ether oxygens (including phenoxy) is 3. The molecule has 0 fully saturated rings. The van der Waals surface area contributed by atoms with Crippen LogP contribution >= 0.6 is 0 Å². The number of rotatable bonds is 8. The lowest BCUT2D eigenvalue weighted by atomic mass is 9.95. The van der Waals surface area contributed by atoms with Crippen molar-refractivity contribution >= 4 is 11.9 Å². The molecule has 0 amide bonds. The van der Waals surface area contributed by atoms with Crippen LogP contribution in [0.5, 0.6) is 0 Å². The Bertz CT molecular complexity index is 425. The molecule has 0 aromatic heterocycles. The number of benzene rings is 1. The average Bonchev–Trinajstić information content (AvgIpc) is 2.48. The lowest BCUT2D eigenvalue weighted by molar-refractivity contribution is -0.169. The smallest absolute Gasteiger partial charge is 0.323 e. The van der Waals surface area contributed by atoms with Gasteiger partial charge in [0, 0.05) is 6.61 Å². The molecule has 0 aliphatic rings. The summed E-state index contributed by atoms with van der Waals surface area (Å²) in [5, 5.41) is 0. The van der Waals surface area contributed by atoms with Crippen LogP contribution in [-0.2, 0) is 23.8 Å². The molecule has 1 aromatic carbocycles. The lowest BCUT2D eigenvalue weighted by Crippen LogP contribution is -2.34. The van der Waals surface area contributed by atoms with E-state index in [1.54, 1.807) is 13.8 Å². The Kier molecular flexibility index (Phi) is 7.46. The zero-order valence-corrected chi connectivity index (χ0v) is 12.7. The molecule has 0 N–H and O–H groups in total. The van der Waals surface area contributed by atoms with Crippen molar-refractivity contribution in [1.82, 2.24) is 0 Å². The first-order valence-electron chi connectivity index (χ1n) is 7.15. The molecule has 0 radical (unpaired) electrons. The molecular weight excluding hydrogens is 272 g/mol. The Balaban J connectivity index is 3.11. The lowest BCUT2D eigenvalue weighted by Gasteiger charge is -2.24. The minimum absolute atomic E-state index is 0.197. The van der Waals surface area contributed by atoms with E-state index in [1.807, 2.05) is 37.3 Å². The van der Waals surface area contributed by atoms with Gasteiger partial charge in [0.1, 0.15) is 6.10 Å². The topological polar surface area (TPSA) is 61.8 Å². The number of hydrogen-bond donors (Lipinski definition) is 0. The van der Waals surface area contributed by atoms with E-state index in [9.17, 15) is 9.59 Å². The Morgan fingerprint density at radius 2 is 1.43 bits per heavy atom. The second kappa shape index (κ2) is 9.13. The summed E-state index contributed by atoms with van der Waals surface area (Å²) in [6.45, 7) is 5.96. The quantitative estimate of drug-likeness (QED) is 0.544. The summed E-state index contributed by atoms with van der Waals surface area (Å²) in [4.78, 5) is 24.3. The molecule has 5 nitrogen and oxygen atoms in total. The van der Waals surface area contributed by atoms with Gasteiger partial charge in [0.15, 0.2) is 5.92 Å². The highest BCUT2D eigenvalue weighted by Crippen LogP contribution is 2.28. The van der Waals surface area contributed by atoms with Gasteiger partial charge < -0.3 is 14.2 Å². The van der Waals surface area contributed by atoms with Crippen LogP contribution in [0.3, 0.4) is 0 Å². The van der Waals surface area contributed by atoms with E-state index in [-0.39, 0.29) is 13.2 Å². The third kappa shape index (κ3) is 4.86. The van der Waals surface area contributed by atoms with Crippen LogP contribution in [0.1, 0.15) is 32.4 Å². The molecule has 0 saturated carbocycles. The van der Waals surface area contributed by atoms with Gasteiger partial charge in [-0.1, -0.05) is 30.3 Å². The Morgan fingerprint density at radius 1 is 0.905 bits per heavy atom. The fraction of sp³-hybridized carbons (Fsp3) is 0.500. The van der Waals surface area contributed by atoms with Gasteiger partial charge in [-0.2, -0.15) is 0 Å². The van der Waals surface area contributed by atoms with Crippen LogP contribution in [0.4, 0.5) is 0 Å². The molecule has 0 aliphatic carbocycles.